The van der Waals surface area contributed by atoms with E-state index in [4.69, 9.17) is 16.3 Å². The van der Waals surface area contributed by atoms with E-state index < -0.39 is 11.8 Å². The molecule has 8 heteroatoms. The van der Waals surface area contributed by atoms with Crippen molar-refractivity contribution in [2.75, 3.05) is 10.6 Å². The van der Waals surface area contributed by atoms with E-state index in [9.17, 15) is 9.18 Å². The molecule has 0 saturated carbocycles. The molecule has 2 N–H and O–H groups in total. The Kier molecular flexibility index (Phi) is 5.06. The molecular formula is C17H12ClFN4O2. The number of carbonyl (C=O) groups is 1. The average molecular weight is 359 g/mol. The number of halogens is 2. The smallest absolute Gasteiger partial charge is 0.323 e. The number of nitrogens with zero attached hydrogens (tertiary/aromatic N) is 2. The van der Waals surface area contributed by atoms with E-state index in [1.54, 1.807) is 36.4 Å². The Morgan fingerprint density at radius 3 is 2.40 bits per heavy atom. The van der Waals surface area contributed by atoms with Crippen LogP contribution in [0.3, 0.4) is 0 Å². The molecule has 0 radical (unpaired) electrons. The second-order valence-corrected chi connectivity index (χ2v) is 5.25. The van der Waals surface area contributed by atoms with Gasteiger partial charge in [-0.25, -0.2) is 19.2 Å². The Morgan fingerprint density at radius 1 is 1.00 bits per heavy atom. The van der Waals surface area contributed by atoms with Crippen molar-refractivity contribution in [3.8, 4) is 11.8 Å². The number of carbonyl (C=O) groups excluding carboxylic acids is 1. The fraction of sp³-hybridized carbons (Fsp3) is 0. The van der Waals surface area contributed by atoms with Gasteiger partial charge in [0.2, 0.25) is 0 Å². The maximum Gasteiger partial charge on any atom is 0.323 e. The van der Waals surface area contributed by atoms with Gasteiger partial charge in [-0.2, -0.15) is 0 Å². The average Bonchev–Trinajstić information content (AvgIpc) is 2.61. The van der Waals surface area contributed by atoms with Gasteiger partial charge in [0.1, 0.15) is 0 Å². The van der Waals surface area contributed by atoms with Crippen LogP contribution >= 0.6 is 11.6 Å². The molecule has 126 valence electrons. The third-order valence-corrected chi connectivity index (χ3v) is 3.38. The van der Waals surface area contributed by atoms with Crippen LogP contribution in [0.2, 0.25) is 5.02 Å². The van der Waals surface area contributed by atoms with E-state index in [1.807, 2.05) is 0 Å². The molecule has 0 fully saturated rings. The van der Waals surface area contributed by atoms with Crippen LogP contribution in [0, 0.1) is 5.82 Å². The van der Waals surface area contributed by atoms with Gasteiger partial charge in [0, 0.05) is 0 Å². The molecule has 6 nitrogen and oxygen atoms in total. The lowest BCUT2D eigenvalue weighted by Gasteiger charge is -2.09. The van der Waals surface area contributed by atoms with Crippen LogP contribution in [0.1, 0.15) is 0 Å². The maximum absolute atomic E-state index is 13.5. The standard InChI is InChI=1S/C17H12ClFN4O2/c18-12-5-1-3-7-14(12)23-16(24)22-11-9-20-17(21-10-11)25-15-8-4-2-6-13(15)19/h1-10H,(H2,22,23,24). The molecule has 0 aliphatic rings. The first-order valence-electron chi connectivity index (χ1n) is 7.19. The SMILES string of the molecule is O=C(Nc1cnc(Oc2ccccc2F)nc1)Nc1ccccc1Cl. The van der Waals surface area contributed by atoms with Gasteiger partial charge in [0.05, 0.1) is 28.8 Å². The van der Waals surface area contributed by atoms with Crippen LogP contribution in [0.4, 0.5) is 20.6 Å². The van der Waals surface area contributed by atoms with Gasteiger partial charge in [-0.15, -0.1) is 0 Å². The summed E-state index contributed by atoms with van der Waals surface area (Å²) in [7, 11) is 0. The lowest BCUT2D eigenvalue weighted by molar-refractivity contribution is 0.262. The number of amides is 2. The third-order valence-electron chi connectivity index (χ3n) is 3.05. The summed E-state index contributed by atoms with van der Waals surface area (Å²) in [6.07, 6.45) is 2.69. The van der Waals surface area contributed by atoms with Crippen molar-refractivity contribution >= 4 is 29.0 Å². The van der Waals surface area contributed by atoms with Gasteiger partial charge in [0.25, 0.3) is 0 Å². The minimum Gasteiger partial charge on any atom is -0.421 e. The molecule has 25 heavy (non-hydrogen) atoms. The fourth-order valence-electron chi connectivity index (χ4n) is 1.91. The predicted octanol–water partition coefficient (Wildman–Crippen LogP) is 4.71. The zero-order valence-electron chi connectivity index (χ0n) is 12.7. The van der Waals surface area contributed by atoms with Gasteiger partial charge in [0.15, 0.2) is 11.6 Å². The van der Waals surface area contributed by atoms with Crippen molar-refractivity contribution in [1.82, 2.24) is 9.97 Å². The van der Waals surface area contributed by atoms with Gasteiger partial charge >= 0.3 is 12.0 Å². The Balaban J connectivity index is 1.62. The third kappa shape index (κ3) is 4.42. The topological polar surface area (TPSA) is 76.1 Å². The molecular weight excluding hydrogens is 347 g/mol. The van der Waals surface area contributed by atoms with Crippen molar-refractivity contribution in [2.45, 2.75) is 0 Å². The van der Waals surface area contributed by atoms with Gasteiger partial charge in [-0.1, -0.05) is 35.9 Å². The quantitative estimate of drug-likeness (QED) is 0.708. The molecule has 2 amide bonds. The highest BCUT2D eigenvalue weighted by Crippen LogP contribution is 2.22. The maximum atomic E-state index is 13.5. The molecule has 3 aromatic rings. The summed E-state index contributed by atoms with van der Waals surface area (Å²) >= 11 is 5.97. The zero-order chi connectivity index (χ0) is 17.6. The van der Waals surface area contributed by atoms with E-state index in [0.717, 1.165) is 0 Å². The van der Waals surface area contributed by atoms with E-state index in [2.05, 4.69) is 20.6 Å². The second kappa shape index (κ2) is 7.59. The van der Waals surface area contributed by atoms with Crippen molar-refractivity contribution in [3.05, 3.63) is 71.8 Å². The number of rotatable bonds is 4. The Morgan fingerprint density at radius 2 is 1.68 bits per heavy atom. The van der Waals surface area contributed by atoms with Crippen molar-refractivity contribution in [3.63, 3.8) is 0 Å². The molecule has 2 aromatic carbocycles. The van der Waals surface area contributed by atoms with Crippen LogP contribution in [-0.2, 0) is 0 Å². The highest BCUT2D eigenvalue weighted by molar-refractivity contribution is 6.33. The predicted molar refractivity (Wildman–Crippen MR) is 92.6 cm³/mol. The molecule has 1 heterocycles. The summed E-state index contributed by atoms with van der Waals surface area (Å²) < 4.78 is 18.7. The van der Waals surface area contributed by atoms with Gasteiger partial charge in [-0.3, -0.25) is 0 Å². The number of urea groups is 1. The molecule has 0 spiro atoms. The fourth-order valence-corrected chi connectivity index (χ4v) is 2.09. The molecule has 0 bridgehead atoms. The second-order valence-electron chi connectivity index (χ2n) is 4.85. The summed E-state index contributed by atoms with van der Waals surface area (Å²) in [5, 5.41) is 5.58. The highest BCUT2D eigenvalue weighted by Gasteiger charge is 2.08. The molecule has 0 saturated heterocycles. The van der Waals surface area contributed by atoms with Crippen molar-refractivity contribution in [2.24, 2.45) is 0 Å². The first-order chi connectivity index (χ1) is 12.1. The van der Waals surface area contributed by atoms with E-state index in [1.165, 1.54) is 24.5 Å². The van der Waals surface area contributed by atoms with Crippen molar-refractivity contribution < 1.29 is 13.9 Å². The molecule has 3 rings (SSSR count). The number of benzene rings is 2. The van der Waals surface area contributed by atoms with Crippen LogP contribution in [0.5, 0.6) is 11.8 Å². The molecule has 1 aromatic heterocycles. The lowest BCUT2D eigenvalue weighted by atomic mass is 10.3. The Labute approximate surface area is 147 Å². The van der Waals surface area contributed by atoms with Gasteiger partial charge in [-0.05, 0) is 24.3 Å². The highest BCUT2D eigenvalue weighted by atomic mass is 35.5. The van der Waals surface area contributed by atoms with Crippen LogP contribution in [0.25, 0.3) is 0 Å². The van der Waals surface area contributed by atoms with E-state index >= 15 is 0 Å². The summed E-state index contributed by atoms with van der Waals surface area (Å²) in [4.78, 5) is 19.8. The zero-order valence-corrected chi connectivity index (χ0v) is 13.5. The number of hydrogen-bond acceptors (Lipinski definition) is 4. The first kappa shape index (κ1) is 16.7. The van der Waals surface area contributed by atoms with E-state index in [-0.39, 0.29) is 11.8 Å². The summed E-state index contributed by atoms with van der Waals surface area (Å²) in [6, 6.07) is 12.2. The number of ether oxygens (including phenoxy) is 1. The minimum absolute atomic E-state index is 0.0136. The Hall–Kier alpha value is -3.19. The Bertz CT molecular complexity index is 890. The summed E-state index contributed by atoms with van der Waals surface area (Å²) in [6.45, 7) is 0. The molecule has 0 unspecified atom stereocenters. The largest absolute Gasteiger partial charge is 0.421 e. The van der Waals surface area contributed by atoms with Crippen molar-refractivity contribution in [1.29, 1.82) is 0 Å². The number of hydrogen-bond donors (Lipinski definition) is 2. The number of anilines is 2. The van der Waals surface area contributed by atoms with E-state index in [0.29, 0.717) is 16.4 Å². The summed E-state index contributed by atoms with van der Waals surface area (Å²) in [5.41, 5.74) is 0.813. The minimum atomic E-state index is -0.521. The van der Waals surface area contributed by atoms with Gasteiger partial charge < -0.3 is 15.4 Å². The number of aromatic nitrogens is 2. The molecule has 0 aliphatic carbocycles. The monoisotopic (exact) mass is 358 g/mol. The number of para-hydroxylation sites is 2. The molecule has 0 atom stereocenters. The lowest BCUT2D eigenvalue weighted by Crippen LogP contribution is -2.19. The van der Waals surface area contributed by atoms with Crippen LogP contribution < -0.4 is 15.4 Å². The first-order valence-corrected chi connectivity index (χ1v) is 7.56. The number of nitrogens with one attached hydrogen (secondary N) is 2. The normalized spacial score (nSPS) is 10.2. The van der Waals surface area contributed by atoms with Crippen LogP contribution in [0.15, 0.2) is 60.9 Å². The summed E-state index contributed by atoms with van der Waals surface area (Å²) in [5.74, 6) is -0.507. The molecule has 0 aliphatic heterocycles. The van der Waals surface area contributed by atoms with Crippen LogP contribution in [-0.4, -0.2) is 16.0 Å².